The molecule has 1 aliphatic heterocycles. The lowest BCUT2D eigenvalue weighted by atomic mass is 9.95. The molecular formula is C20H39N2O10P. The number of nitrogens with one attached hydrogen (secondary N) is 2. The van der Waals surface area contributed by atoms with Crippen LogP contribution in [-0.2, 0) is 18.7 Å². The summed E-state index contributed by atoms with van der Waals surface area (Å²) in [5.74, 6) is -2.30. The molecule has 194 valence electrons. The van der Waals surface area contributed by atoms with Crippen molar-refractivity contribution >= 4 is 19.5 Å². The fourth-order valence-electron chi connectivity index (χ4n) is 3.86. The molecule has 0 aromatic heterocycles. The molecule has 1 heterocycles. The second-order valence-corrected chi connectivity index (χ2v) is 10.8. The minimum atomic E-state index is -4.48. The van der Waals surface area contributed by atoms with Crippen LogP contribution in [0.1, 0.15) is 52.9 Å². The SMILES string of the molecule is CCCC(CCC)C(=O)NC(C)(COP(=O)(O)C[C@H](O)C[C@H]1N[C@H](CO)[C@@H](O)[C@@H]1O)C(=O)O. The van der Waals surface area contributed by atoms with E-state index in [1.165, 1.54) is 6.92 Å². The standard InChI is InChI=1S/C20H39N2O10P/c1-4-6-12(7-5-2)18(27)22-20(3,19(28)29)11-32-33(30,31)10-13(24)8-14-16(25)17(26)15(9-23)21-14/h12-17,21,23-26H,4-11H2,1-3H3,(H,22,27)(H,28,29)(H,30,31)/t13-,14-,15-,16-,17-,20?/m1/s1. The summed E-state index contributed by atoms with van der Waals surface area (Å²) < 4.78 is 17.4. The quantitative estimate of drug-likeness (QED) is 0.131. The zero-order valence-electron chi connectivity index (χ0n) is 19.4. The van der Waals surface area contributed by atoms with Gasteiger partial charge >= 0.3 is 13.6 Å². The fraction of sp³-hybridized carbons (Fsp3) is 0.900. The van der Waals surface area contributed by atoms with Gasteiger partial charge in [0.05, 0.1) is 43.7 Å². The number of aliphatic hydroxyl groups is 4. The van der Waals surface area contributed by atoms with Crippen molar-refractivity contribution in [3.8, 4) is 0 Å². The summed E-state index contributed by atoms with van der Waals surface area (Å²) in [6.07, 6.45) is -2.32. The van der Waals surface area contributed by atoms with Gasteiger partial charge in [-0.3, -0.25) is 9.36 Å². The summed E-state index contributed by atoms with van der Waals surface area (Å²) in [6, 6.07) is -1.62. The van der Waals surface area contributed by atoms with Crippen LogP contribution in [0.5, 0.6) is 0 Å². The van der Waals surface area contributed by atoms with E-state index >= 15 is 0 Å². The normalized spacial score (nSPS) is 27.7. The van der Waals surface area contributed by atoms with Crippen LogP contribution in [0.2, 0.25) is 0 Å². The van der Waals surface area contributed by atoms with E-state index in [2.05, 4.69) is 10.6 Å². The van der Waals surface area contributed by atoms with E-state index in [4.69, 9.17) is 9.63 Å². The fourth-order valence-corrected chi connectivity index (χ4v) is 5.11. The lowest BCUT2D eigenvalue weighted by molar-refractivity contribution is -0.149. The van der Waals surface area contributed by atoms with Crippen molar-refractivity contribution < 1.29 is 49.1 Å². The van der Waals surface area contributed by atoms with Crippen LogP contribution in [-0.4, -0.2) is 97.6 Å². The van der Waals surface area contributed by atoms with Gasteiger partial charge in [-0.25, -0.2) is 4.79 Å². The van der Waals surface area contributed by atoms with Gasteiger partial charge in [-0.2, -0.15) is 0 Å². The van der Waals surface area contributed by atoms with Crippen LogP contribution in [0.4, 0.5) is 0 Å². The highest BCUT2D eigenvalue weighted by Gasteiger charge is 2.43. The number of rotatable bonds is 15. The number of carboxylic acids is 1. The van der Waals surface area contributed by atoms with Crippen LogP contribution >= 0.6 is 7.60 Å². The maximum absolute atomic E-state index is 12.6. The molecule has 1 amide bonds. The molecule has 0 aromatic rings. The molecule has 33 heavy (non-hydrogen) atoms. The summed E-state index contributed by atoms with van der Waals surface area (Å²) in [7, 11) is -4.48. The first kappa shape index (κ1) is 29.9. The van der Waals surface area contributed by atoms with Crippen molar-refractivity contribution in [1.82, 2.24) is 10.6 Å². The van der Waals surface area contributed by atoms with Crippen LogP contribution in [0.3, 0.4) is 0 Å². The lowest BCUT2D eigenvalue weighted by Crippen LogP contribution is -2.56. The van der Waals surface area contributed by atoms with E-state index in [0.29, 0.717) is 12.8 Å². The zero-order valence-corrected chi connectivity index (χ0v) is 20.3. The van der Waals surface area contributed by atoms with Crippen LogP contribution in [0.15, 0.2) is 0 Å². The van der Waals surface area contributed by atoms with Gasteiger partial charge in [0, 0.05) is 12.0 Å². The molecule has 1 rings (SSSR count). The van der Waals surface area contributed by atoms with Gasteiger partial charge < -0.3 is 45.6 Å². The van der Waals surface area contributed by atoms with Crippen LogP contribution < -0.4 is 10.6 Å². The van der Waals surface area contributed by atoms with E-state index in [-0.39, 0.29) is 12.3 Å². The summed E-state index contributed by atoms with van der Waals surface area (Å²) >= 11 is 0. The molecule has 0 spiro atoms. The Hall–Kier alpha value is -1.11. The monoisotopic (exact) mass is 498 g/mol. The highest BCUT2D eigenvalue weighted by Crippen LogP contribution is 2.44. The molecule has 0 aromatic carbocycles. The van der Waals surface area contributed by atoms with E-state index in [1.807, 2.05) is 13.8 Å². The molecule has 1 saturated heterocycles. The van der Waals surface area contributed by atoms with Crippen LogP contribution in [0, 0.1) is 5.92 Å². The zero-order chi connectivity index (χ0) is 25.4. The maximum Gasteiger partial charge on any atom is 0.331 e. The number of hydrogen-bond donors (Lipinski definition) is 8. The molecule has 0 aliphatic carbocycles. The molecule has 0 bridgehead atoms. The third-order valence-corrected chi connectivity index (χ3v) is 7.25. The Morgan fingerprint density at radius 1 is 1.15 bits per heavy atom. The number of aliphatic carboxylic acids is 1. The summed E-state index contributed by atoms with van der Waals surface area (Å²) in [5, 5.41) is 53.9. The topological polar surface area (TPSA) is 206 Å². The molecule has 12 nitrogen and oxygen atoms in total. The smallest absolute Gasteiger partial charge is 0.331 e. The molecule has 1 fully saturated rings. The van der Waals surface area contributed by atoms with Gasteiger partial charge in [-0.05, 0) is 26.2 Å². The third-order valence-electron chi connectivity index (χ3n) is 5.84. The van der Waals surface area contributed by atoms with Crippen molar-refractivity contribution in [1.29, 1.82) is 0 Å². The Labute approximate surface area is 193 Å². The van der Waals surface area contributed by atoms with E-state index in [0.717, 1.165) is 12.8 Å². The number of aliphatic hydroxyl groups excluding tert-OH is 4. The Balaban J connectivity index is 2.72. The van der Waals surface area contributed by atoms with Gasteiger partial charge in [0.25, 0.3) is 0 Å². The predicted molar refractivity (Wildman–Crippen MR) is 119 cm³/mol. The lowest BCUT2D eigenvalue weighted by Gasteiger charge is -2.29. The van der Waals surface area contributed by atoms with E-state index < -0.39 is 74.8 Å². The largest absolute Gasteiger partial charge is 0.479 e. The number of carboxylic acid groups (broad SMARTS) is 1. The van der Waals surface area contributed by atoms with Gasteiger partial charge in [-0.15, -0.1) is 0 Å². The molecule has 13 heteroatoms. The van der Waals surface area contributed by atoms with Gasteiger partial charge in [0.15, 0.2) is 5.54 Å². The highest BCUT2D eigenvalue weighted by molar-refractivity contribution is 7.52. The maximum atomic E-state index is 12.6. The third kappa shape index (κ3) is 8.88. The van der Waals surface area contributed by atoms with Crippen molar-refractivity contribution in [3.63, 3.8) is 0 Å². The second-order valence-electron chi connectivity index (χ2n) is 8.93. The number of carbonyl (C=O) groups excluding carboxylic acids is 1. The molecule has 2 unspecified atom stereocenters. The molecule has 7 atom stereocenters. The van der Waals surface area contributed by atoms with Crippen molar-refractivity contribution in [3.05, 3.63) is 0 Å². The number of hydrogen-bond acceptors (Lipinski definition) is 9. The van der Waals surface area contributed by atoms with Crippen molar-refractivity contribution in [2.75, 3.05) is 19.4 Å². The first-order valence-corrected chi connectivity index (χ1v) is 13.0. The molecule has 0 saturated carbocycles. The highest BCUT2D eigenvalue weighted by atomic mass is 31.2. The van der Waals surface area contributed by atoms with Crippen LogP contribution in [0.25, 0.3) is 0 Å². The Bertz CT molecular complexity index is 690. The van der Waals surface area contributed by atoms with Gasteiger partial charge in [-0.1, -0.05) is 26.7 Å². The van der Waals surface area contributed by atoms with E-state index in [1.54, 1.807) is 0 Å². The van der Waals surface area contributed by atoms with Gasteiger partial charge in [0.1, 0.15) is 0 Å². The predicted octanol–water partition coefficient (Wildman–Crippen LogP) is -0.830. The average Bonchev–Trinajstić information content (AvgIpc) is 2.99. The summed E-state index contributed by atoms with van der Waals surface area (Å²) in [4.78, 5) is 34.5. The Kier molecular flexibility index (Phi) is 11.9. The first-order valence-electron chi connectivity index (χ1n) is 11.2. The van der Waals surface area contributed by atoms with Gasteiger partial charge in [0.2, 0.25) is 5.91 Å². The van der Waals surface area contributed by atoms with Crippen molar-refractivity contribution in [2.45, 2.75) is 88.8 Å². The summed E-state index contributed by atoms with van der Waals surface area (Å²) in [5.41, 5.74) is -1.96. The molecule has 1 aliphatic rings. The number of amides is 1. The average molecular weight is 499 g/mol. The Morgan fingerprint density at radius 3 is 2.15 bits per heavy atom. The first-order chi connectivity index (χ1) is 15.3. The minimum Gasteiger partial charge on any atom is -0.479 e. The second kappa shape index (κ2) is 13.1. The number of carbonyl (C=O) groups is 2. The molecule has 8 N–H and O–H groups in total. The minimum absolute atomic E-state index is 0.217. The molecule has 0 radical (unpaired) electrons. The molecular weight excluding hydrogens is 459 g/mol. The van der Waals surface area contributed by atoms with Crippen molar-refractivity contribution in [2.24, 2.45) is 5.92 Å². The summed E-state index contributed by atoms with van der Waals surface area (Å²) in [6.45, 7) is 3.76. The Morgan fingerprint density at radius 2 is 1.70 bits per heavy atom. The van der Waals surface area contributed by atoms with E-state index in [9.17, 15) is 39.5 Å².